The molecule has 1 saturated heterocycles. The summed E-state index contributed by atoms with van der Waals surface area (Å²) in [5.74, 6) is 0.791. The second-order valence-corrected chi connectivity index (χ2v) is 4.08. The van der Waals surface area contributed by atoms with E-state index in [-0.39, 0.29) is 5.91 Å². The maximum absolute atomic E-state index is 11.7. The van der Waals surface area contributed by atoms with E-state index in [9.17, 15) is 4.79 Å². The molecule has 5 nitrogen and oxygen atoms in total. The fraction of sp³-hybridized carbons (Fsp3) is 0.417. The predicted molar refractivity (Wildman–Crippen MR) is 63.4 cm³/mol. The Hall–Kier alpha value is -2.09. The number of rotatable bonds is 1. The molecule has 17 heavy (non-hydrogen) atoms. The van der Waals surface area contributed by atoms with E-state index < -0.39 is 0 Å². The van der Waals surface area contributed by atoms with Gasteiger partial charge in [-0.1, -0.05) is 6.07 Å². The van der Waals surface area contributed by atoms with Crippen LogP contribution in [0.3, 0.4) is 0 Å². The van der Waals surface area contributed by atoms with Gasteiger partial charge in [-0.2, -0.15) is 5.26 Å². The lowest BCUT2D eigenvalue weighted by atomic mass is 10.3. The van der Waals surface area contributed by atoms with Gasteiger partial charge in [-0.05, 0) is 18.6 Å². The minimum Gasteiger partial charge on any atom is -0.347 e. The van der Waals surface area contributed by atoms with Crippen molar-refractivity contribution in [1.82, 2.24) is 9.88 Å². The van der Waals surface area contributed by atoms with Crippen LogP contribution in [-0.2, 0) is 4.79 Å². The number of nitrogens with zero attached hydrogens (tertiary/aromatic N) is 4. The van der Waals surface area contributed by atoms with E-state index in [1.165, 1.54) is 0 Å². The molecule has 0 spiro atoms. The fourth-order valence-corrected chi connectivity index (χ4v) is 1.84. The lowest BCUT2D eigenvalue weighted by Gasteiger charge is -2.20. The van der Waals surface area contributed by atoms with Crippen LogP contribution in [0.4, 0.5) is 5.82 Å². The monoisotopic (exact) mass is 230 g/mol. The number of amides is 1. The highest BCUT2D eigenvalue weighted by Gasteiger charge is 2.19. The first-order chi connectivity index (χ1) is 8.20. The van der Waals surface area contributed by atoms with Gasteiger partial charge in [0.25, 0.3) is 0 Å². The highest BCUT2D eigenvalue weighted by atomic mass is 16.2. The van der Waals surface area contributed by atoms with Crippen molar-refractivity contribution in [1.29, 1.82) is 5.26 Å². The molecule has 88 valence electrons. The van der Waals surface area contributed by atoms with Gasteiger partial charge in [0.2, 0.25) is 5.91 Å². The largest absolute Gasteiger partial charge is 0.347 e. The van der Waals surface area contributed by atoms with Crippen molar-refractivity contribution >= 4 is 11.7 Å². The number of nitriles is 1. The highest BCUT2D eigenvalue weighted by Crippen LogP contribution is 2.14. The van der Waals surface area contributed by atoms with Crippen molar-refractivity contribution in [2.45, 2.75) is 6.42 Å². The number of likely N-dealkylation sites (N-methyl/N-ethyl adjacent to an activating group) is 1. The summed E-state index contributed by atoms with van der Waals surface area (Å²) in [7, 11) is 1.81. The van der Waals surface area contributed by atoms with Crippen molar-refractivity contribution in [3.8, 4) is 6.07 Å². The van der Waals surface area contributed by atoms with Crippen LogP contribution in [-0.4, -0.2) is 42.5 Å². The first kappa shape index (κ1) is 11.4. The van der Waals surface area contributed by atoms with Gasteiger partial charge in [0.1, 0.15) is 17.6 Å². The van der Waals surface area contributed by atoms with E-state index in [1.807, 2.05) is 24.1 Å². The molecule has 0 aromatic carbocycles. The Morgan fingerprint density at radius 3 is 3.00 bits per heavy atom. The summed E-state index contributed by atoms with van der Waals surface area (Å²) in [4.78, 5) is 19.6. The molecule has 0 unspecified atom stereocenters. The maximum atomic E-state index is 11.7. The molecule has 1 aliphatic rings. The van der Waals surface area contributed by atoms with Gasteiger partial charge < -0.3 is 9.80 Å². The van der Waals surface area contributed by atoms with Crippen molar-refractivity contribution < 1.29 is 4.79 Å². The van der Waals surface area contributed by atoms with Crippen LogP contribution in [0, 0.1) is 11.3 Å². The molecule has 0 bridgehead atoms. The number of aromatic nitrogens is 1. The normalized spacial score (nSPS) is 16.6. The third kappa shape index (κ3) is 2.53. The van der Waals surface area contributed by atoms with Gasteiger partial charge in [0, 0.05) is 20.1 Å². The van der Waals surface area contributed by atoms with Crippen LogP contribution in [0.5, 0.6) is 0 Å². The zero-order chi connectivity index (χ0) is 12.3. The average Bonchev–Trinajstić information content (AvgIpc) is 2.52. The zero-order valence-electron chi connectivity index (χ0n) is 9.76. The molecule has 0 N–H and O–H groups in total. The number of hydrogen-bond donors (Lipinski definition) is 0. The summed E-state index contributed by atoms with van der Waals surface area (Å²) in [6.07, 6.45) is 0.917. The predicted octanol–water partition coefficient (Wildman–Crippen LogP) is 0.622. The Bertz CT molecular complexity index is 466. The molecule has 0 aliphatic carbocycles. The Labute approximate surface area is 100 Å². The second-order valence-electron chi connectivity index (χ2n) is 4.08. The summed E-state index contributed by atoms with van der Waals surface area (Å²) < 4.78 is 0. The van der Waals surface area contributed by atoms with E-state index in [4.69, 9.17) is 5.26 Å². The number of hydrogen-bond acceptors (Lipinski definition) is 4. The lowest BCUT2D eigenvalue weighted by Crippen LogP contribution is -2.34. The zero-order valence-corrected chi connectivity index (χ0v) is 9.76. The second kappa shape index (κ2) is 4.83. The van der Waals surface area contributed by atoms with Crippen LogP contribution in [0.15, 0.2) is 18.2 Å². The number of pyridine rings is 1. The summed E-state index contributed by atoms with van der Waals surface area (Å²) in [5, 5.41) is 8.80. The summed E-state index contributed by atoms with van der Waals surface area (Å²) in [5.41, 5.74) is 0.382. The summed E-state index contributed by atoms with van der Waals surface area (Å²) in [6.45, 7) is 1.89. The third-order valence-corrected chi connectivity index (χ3v) is 2.85. The van der Waals surface area contributed by atoms with Crippen LogP contribution >= 0.6 is 0 Å². The molecule has 1 fully saturated rings. The van der Waals surface area contributed by atoms with Gasteiger partial charge in [0.05, 0.1) is 6.54 Å². The van der Waals surface area contributed by atoms with Crippen LogP contribution in [0.25, 0.3) is 0 Å². The van der Waals surface area contributed by atoms with Crippen LogP contribution in [0.2, 0.25) is 0 Å². The van der Waals surface area contributed by atoms with Crippen LogP contribution < -0.4 is 4.90 Å². The minimum atomic E-state index is 0.0895. The average molecular weight is 230 g/mol. The summed E-state index contributed by atoms with van der Waals surface area (Å²) in [6, 6.07) is 7.30. The summed E-state index contributed by atoms with van der Waals surface area (Å²) >= 11 is 0. The first-order valence-electron chi connectivity index (χ1n) is 5.57. The quantitative estimate of drug-likeness (QED) is 0.709. The Balaban J connectivity index is 2.21. The highest BCUT2D eigenvalue weighted by molar-refractivity contribution is 5.81. The molecule has 0 saturated carbocycles. The van der Waals surface area contributed by atoms with Gasteiger partial charge in [-0.15, -0.1) is 0 Å². The fourth-order valence-electron chi connectivity index (χ4n) is 1.84. The lowest BCUT2D eigenvalue weighted by molar-refractivity contribution is -0.127. The van der Waals surface area contributed by atoms with E-state index in [1.54, 1.807) is 17.0 Å². The number of anilines is 1. The van der Waals surface area contributed by atoms with Gasteiger partial charge in [-0.3, -0.25) is 4.79 Å². The smallest absolute Gasteiger partial charge is 0.241 e. The molecule has 2 rings (SSSR count). The van der Waals surface area contributed by atoms with E-state index in [0.29, 0.717) is 18.1 Å². The SMILES string of the molecule is CN1CCCN(c2cccc(C#N)n2)CC1=O. The van der Waals surface area contributed by atoms with E-state index >= 15 is 0 Å². The van der Waals surface area contributed by atoms with E-state index in [0.717, 1.165) is 19.5 Å². The Morgan fingerprint density at radius 2 is 2.24 bits per heavy atom. The van der Waals surface area contributed by atoms with Crippen LogP contribution in [0.1, 0.15) is 12.1 Å². The Morgan fingerprint density at radius 1 is 1.41 bits per heavy atom. The van der Waals surface area contributed by atoms with Crippen molar-refractivity contribution in [2.24, 2.45) is 0 Å². The molecule has 1 aromatic heterocycles. The van der Waals surface area contributed by atoms with Gasteiger partial charge in [0.15, 0.2) is 0 Å². The van der Waals surface area contributed by atoms with E-state index in [2.05, 4.69) is 4.98 Å². The van der Waals surface area contributed by atoms with Crippen molar-refractivity contribution in [3.05, 3.63) is 23.9 Å². The Kier molecular flexibility index (Phi) is 3.24. The van der Waals surface area contributed by atoms with Gasteiger partial charge >= 0.3 is 0 Å². The molecule has 1 aliphatic heterocycles. The molecule has 2 heterocycles. The molecular formula is C12H14N4O. The molecule has 0 atom stereocenters. The molecule has 1 aromatic rings. The molecule has 5 heteroatoms. The maximum Gasteiger partial charge on any atom is 0.241 e. The molecule has 0 radical (unpaired) electrons. The third-order valence-electron chi connectivity index (χ3n) is 2.85. The molecule has 1 amide bonds. The number of carbonyl (C=O) groups is 1. The molecular weight excluding hydrogens is 216 g/mol. The topological polar surface area (TPSA) is 60.2 Å². The first-order valence-corrected chi connectivity index (χ1v) is 5.57. The number of carbonyl (C=O) groups excluding carboxylic acids is 1. The van der Waals surface area contributed by atoms with Gasteiger partial charge in [-0.25, -0.2) is 4.98 Å². The standard InChI is InChI=1S/C12H14N4O/c1-15-6-3-7-16(9-12(15)17)11-5-2-4-10(8-13)14-11/h2,4-5H,3,6-7,9H2,1H3. The van der Waals surface area contributed by atoms with Crippen molar-refractivity contribution in [2.75, 3.05) is 31.6 Å². The minimum absolute atomic E-state index is 0.0895. The van der Waals surface area contributed by atoms with Crippen molar-refractivity contribution in [3.63, 3.8) is 0 Å².